The zero-order valence-corrected chi connectivity index (χ0v) is 13.5. The van der Waals surface area contributed by atoms with Crippen LogP contribution in [0.5, 0.6) is 0 Å². The topological polar surface area (TPSA) is 54.7 Å². The maximum atomic E-state index is 13.1. The van der Waals surface area contributed by atoms with E-state index in [0.717, 1.165) is 11.3 Å². The van der Waals surface area contributed by atoms with Gasteiger partial charge in [-0.1, -0.05) is 30.3 Å². The number of aryl methyl sites for hydroxylation is 1. The van der Waals surface area contributed by atoms with Crippen molar-refractivity contribution < 1.29 is 14.6 Å². The van der Waals surface area contributed by atoms with Crippen LogP contribution in [-0.4, -0.2) is 46.3 Å². The Balaban J connectivity index is 1.97. The fourth-order valence-electron chi connectivity index (χ4n) is 3.15. The van der Waals surface area contributed by atoms with Gasteiger partial charge in [-0.3, -0.25) is 4.79 Å². The first kappa shape index (κ1) is 15.8. The summed E-state index contributed by atoms with van der Waals surface area (Å²) in [4.78, 5) is 14.9. The van der Waals surface area contributed by atoms with Crippen molar-refractivity contribution in [2.75, 3.05) is 19.8 Å². The number of hydrogen-bond donors (Lipinski definition) is 1. The average Bonchev–Trinajstić information content (AvgIpc) is 2.93. The minimum Gasteiger partial charge on any atom is -0.394 e. The highest BCUT2D eigenvalue weighted by atomic mass is 16.5. The molecule has 0 radical (unpaired) electrons. The molecule has 5 heteroatoms. The Morgan fingerprint density at radius 3 is 2.65 bits per heavy atom. The molecule has 0 aliphatic carbocycles. The number of rotatable bonds is 3. The van der Waals surface area contributed by atoms with Crippen LogP contribution in [0.1, 0.15) is 27.7 Å². The number of aliphatic hydroxyl groups is 1. The smallest absolute Gasteiger partial charge is 0.256 e. The van der Waals surface area contributed by atoms with Crippen molar-refractivity contribution in [1.29, 1.82) is 0 Å². The molecule has 1 aliphatic rings. The van der Waals surface area contributed by atoms with Crippen LogP contribution in [-0.2, 0) is 11.8 Å². The Kier molecular flexibility index (Phi) is 4.50. The number of nitrogens with zero attached hydrogens (tertiary/aromatic N) is 2. The summed E-state index contributed by atoms with van der Waals surface area (Å²) in [6.07, 6.45) is 1.49. The quantitative estimate of drug-likeness (QED) is 0.941. The number of hydrogen-bond acceptors (Lipinski definition) is 3. The highest BCUT2D eigenvalue weighted by Gasteiger charge is 2.36. The molecule has 0 bridgehead atoms. The van der Waals surface area contributed by atoms with Gasteiger partial charge < -0.3 is 19.3 Å². The molecule has 0 spiro atoms. The van der Waals surface area contributed by atoms with E-state index in [1.165, 1.54) is 0 Å². The number of carbonyl (C=O) groups is 1. The maximum Gasteiger partial charge on any atom is 0.256 e. The lowest BCUT2D eigenvalue weighted by atomic mass is 9.97. The zero-order chi connectivity index (χ0) is 16.4. The molecule has 1 N–H and O–H groups in total. The summed E-state index contributed by atoms with van der Waals surface area (Å²) in [5.41, 5.74) is 2.62. The average molecular weight is 314 g/mol. The van der Waals surface area contributed by atoms with Gasteiger partial charge in [-0.05, 0) is 18.6 Å². The largest absolute Gasteiger partial charge is 0.394 e. The number of amides is 1. The van der Waals surface area contributed by atoms with Crippen LogP contribution >= 0.6 is 0 Å². The van der Waals surface area contributed by atoms with E-state index in [0.29, 0.717) is 18.7 Å². The number of aliphatic hydroxyl groups excluding tert-OH is 1. The highest BCUT2D eigenvalue weighted by Crippen LogP contribution is 2.31. The van der Waals surface area contributed by atoms with Crippen molar-refractivity contribution >= 4 is 5.91 Å². The molecule has 3 rings (SSSR count). The van der Waals surface area contributed by atoms with E-state index in [-0.39, 0.29) is 18.6 Å². The van der Waals surface area contributed by atoms with Crippen LogP contribution in [0.4, 0.5) is 0 Å². The van der Waals surface area contributed by atoms with Gasteiger partial charge in [0.05, 0.1) is 24.8 Å². The van der Waals surface area contributed by atoms with Gasteiger partial charge in [-0.2, -0.15) is 0 Å². The van der Waals surface area contributed by atoms with Gasteiger partial charge in [0.15, 0.2) is 0 Å². The van der Waals surface area contributed by atoms with E-state index in [9.17, 15) is 9.90 Å². The number of ether oxygens (including phenoxy) is 1. The Bertz CT molecular complexity index is 681. The second-order valence-electron chi connectivity index (χ2n) is 5.87. The monoisotopic (exact) mass is 314 g/mol. The fourth-order valence-corrected chi connectivity index (χ4v) is 3.15. The molecule has 122 valence electrons. The van der Waals surface area contributed by atoms with Gasteiger partial charge in [0.1, 0.15) is 6.10 Å². The molecule has 5 nitrogen and oxygen atoms in total. The number of benzene rings is 1. The van der Waals surface area contributed by atoms with Crippen molar-refractivity contribution in [2.45, 2.75) is 19.1 Å². The first-order valence-electron chi connectivity index (χ1n) is 7.83. The second-order valence-corrected chi connectivity index (χ2v) is 5.87. The lowest BCUT2D eigenvalue weighted by Gasteiger charge is -2.41. The summed E-state index contributed by atoms with van der Waals surface area (Å²) in [7, 11) is 1.93. The van der Waals surface area contributed by atoms with Crippen LogP contribution in [0.15, 0.2) is 42.6 Å². The Labute approximate surface area is 136 Å². The molecular weight excluding hydrogens is 292 g/mol. The molecule has 1 fully saturated rings. The zero-order valence-electron chi connectivity index (χ0n) is 13.5. The predicted octanol–water partition coefficient (Wildman–Crippen LogP) is 1.91. The SMILES string of the molecule is Cc1c(C(=O)N2CCO[C@H](CO)[C@H]2c2ccccc2)ccn1C. The molecule has 1 aromatic heterocycles. The van der Waals surface area contributed by atoms with E-state index in [2.05, 4.69) is 0 Å². The van der Waals surface area contributed by atoms with Gasteiger partial charge >= 0.3 is 0 Å². The normalized spacial score (nSPS) is 21.4. The summed E-state index contributed by atoms with van der Waals surface area (Å²) < 4.78 is 7.64. The Morgan fingerprint density at radius 2 is 2.04 bits per heavy atom. The lowest BCUT2D eigenvalue weighted by Crippen LogP contribution is -2.49. The van der Waals surface area contributed by atoms with Crippen molar-refractivity contribution in [1.82, 2.24) is 9.47 Å². The third-order valence-electron chi connectivity index (χ3n) is 4.55. The summed E-state index contributed by atoms with van der Waals surface area (Å²) in [6, 6.07) is 11.3. The van der Waals surface area contributed by atoms with E-state index < -0.39 is 6.10 Å². The lowest BCUT2D eigenvalue weighted by molar-refractivity contribution is -0.0811. The van der Waals surface area contributed by atoms with Gasteiger partial charge in [-0.25, -0.2) is 0 Å². The predicted molar refractivity (Wildman–Crippen MR) is 87.2 cm³/mol. The Morgan fingerprint density at radius 1 is 1.30 bits per heavy atom. The standard InChI is InChI=1S/C18H22N2O3/c1-13-15(8-9-19(13)2)18(22)20-10-11-23-16(12-21)17(20)14-6-4-3-5-7-14/h3-9,16-17,21H,10-12H2,1-2H3/t16-,17-/m1/s1. The molecule has 1 aliphatic heterocycles. The summed E-state index contributed by atoms with van der Waals surface area (Å²) >= 11 is 0. The summed E-state index contributed by atoms with van der Waals surface area (Å²) in [5, 5.41) is 9.68. The van der Waals surface area contributed by atoms with Gasteiger partial charge in [0.25, 0.3) is 5.91 Å². The van der Waals surface area contributed by atoms with Crippen LogP contribution in [0.25, 0.3) is 0 Å². The molecule has 23 heavy (non-hydrogen) atoms. The number of morpholine rings is 1. The van der Waals surface area contributed by atoms with E-state index in [4.69, 9.17) is 4.74 Å². The van der Waals surface area contributed by atoms with E-state index in [1.807, 2.05) is 66.0 Å². The molecule has 1 saturated heterocycles. The van der Waals surface area contributed by atoms with Crippen LogP contribution in [0, 0.1) is 6.92 Å². The molecular formula is C18H22N2O3. The number of carbonyl (C=O) groups excluding carboxylic acids is 1. The summed E-state index contributed by atoms with van der Waals surface area (Å²) in [6.45, 7) is 2.78. The van der Waals surface area contributed by atoms with Crippen molar-refractivity contribution in [3.05, 3.63) is 59.4 Å². The Hall–Kier alpha value is -2.11. The molecule has 2 aromatic rings. The third-order valence-corrected chi connectivity index (χ3v) is 4.55. The van der Waals surface area contributed by atoms with Crippen LogP contribution in [0.2, 0.25) is 0 Å². The minimum atomic E-state index is -0.404. The third kappa shape index (κ3) is 2.90. The second kappa shape index (κ2) is 6.56. The van der Waals surface area contributed by atoms with Crippen LogP contribution in [0.3, 0.4) is 0 Å². The molecule has 0 unspecified atom stereocenters. The molecule has 1 aromatic carbocycles. The molecule has 1 amide bonds. The number of aromatic nitrogens is 1. The van der Waals surface area contributed by atoms with Crippen LogP contribution < -0.4 is 0 Å². The first-order valence-corrected chi connectivity index (χ1v) is 7.83. The first-order chi connectivity index (χ1) is 11.1. The molecule has 0 saturated carbocycles. The van der Waals surface area contributed by atoms with Crippen molar-refractivity contribution in [3.63, 3.8) is 0 Å². The van der Waals surface area contributed by atoms with Crippen molar-refractivity contribution in [3.8, 4) is 0 Å². The fraction of sp³-hybridized carbons (Fsp3) is 0.389. The van der Waals surface area contributed by atoms with Gasteiger partial charge in [0, 0.05) is 25.5 Å². The summed E-state index contributed by atoms with van der Waals surface area (Å²) in [5.74, 6) is -0.0151. The van der Waals surface area contributed by atoms with Gasteiger partial charge in [-0.15, -0.1) is 0 Å². The maximum absolute atomic E-state index is 13.1. The minimum absolute atomic E-state index is 0.0151. The molecule has 2 heterocycles. The van der Waals surface area contributed by atoms with Crippen molar-refractivity contribution in [2.24, 2.45) is 7.05 Å². The molecule has 2 atom stereocenters. The van der Waals surface area contributed by atoms with Gasteiger partial charge in [0.2, 0.25) is 0 Å². The highest BCUT2D eigenvalue weighted by molar-refractivity contribution is 5.95. The van der Waals surface area contributed by atoms with E-state index in [1.54, 1.807) is 0 Å². The van der Waals surface area contributed by atoms with E-state index >= 15 is 0 Å².